The number of rotatable bonds is 2. The molecule has 5 rings (SSSR count). The molecule has 3 heterocycles. The van der Waals surface area contributed by atoms with Gasteiger partial charge in [-0.2, -0.15) is 0 Å². The van der Waals surface area contributed by atoms with Gasteiger partial charge >= 0.3 is 0 Å². The number of halogens is 1. The summed E-state index contributed by atoms with van der Waals surface area (Å²) < 4.78 is 15.2. The fourth-order valence-corrected chi connectivity index (χ4v) is 4.93. The van der Waals surface area contributed by atoms with E-state index in [-0.39, 0.29) is 23.8 Å². The molecule has 2 saturated heterocycles. The van der Waals surface area contributed by atoms with Crippen LogP contribution in [-0.2, 0) is 7.05 Å². The van der Waals surface area contributed by atoms with E-state index in [1.807, 2.05) is 41.9 Å². The van der Waals surface area contributed by atoms with Crippen molar-refractivity contribution in [2.24, 2.45) is 7.05 Å². The molecule has 2 aliphatic heterocycles. The number of benzene rings is 2. The number of carbonyl (C=O) groups excluding carboxylic acids is 1. The summed E-state index contributed by atoms with van der Waals surface area (Å²) in [6.07, 6.45) is 5.80. The average molecular weight is 363 g/mol. The van der Waals surface area contributed by atoms with Crippen molar-refractivity contribution in [2.75, 3.05) is 0 Å². The van der Waals surface area contributed by atoms with Crippen LogP contribution in [0, 0.1) is 5.82 Å². The van der Waals surface area contributed by atoms with Crippen LogP contribution in [0.1, 0.15) is 47.5 Å². The number of aryl methyl sites for hydroxylation is 1. The van der Waals surface area contributed by atoms with E-state index in [9.17, 15) is 9.18 Å². The number of piperidine rings is 1. The summed E-state index contributed by atoms with van der Waals surface area (Å²) in [6, 6.07) is 13.2. The van der Waals surface area contributed by atoms with E-state index in [1.54, 1.807) is 6.33 Å². The summed E-state index contributed by atoms with van der Waals surface area (Å²) in [5, 5.41) is 0. The molecule has 2 aliphatic rings. The molecule has 2 bridgehead atoms. The molecule has 0 unspecified atom stereocenters. The molecule has 3 atom stereocenters. The highest BCUT2D eigenvalue weighted by Crippen LogP contribution is 2.43. The molecule has 1 amide bonds. The highest BCUT2D eigenvalue weighted by molar-refractivity contribution is 5.98. The van der Waals surface area contributed by atoms with Gasteiger partial charge in [0.15, 0.2) is 0 Å². The fourth-order valence-electron chi connectivity index (χ4n) is 4.93. The van der Waals surface area contributed by atoms with Crippen LogP contribution in [0.5, 0.6) is 0 Å². The molecule has 138 valence electrons. The van der Waals surface area contributed by atoms with Gasteiger partial charge in [0.05, 0.1) is 17.4 Å². The lowest BCUT2D eigenvalue weighted by Gasteiger charge is -2.39. The van der Waals surface area contributed by atoms with Crippen LogP contribution in [0.3, 0.4) is 0 Å². The number of hydrogen-bond acceptors (Lipinski definition) is 2. The van der Waals surface area contributed by atoms with Gasteiger partial charge in [0, 0.05) is 24.7 Å². The predicted molar refractivity (Wildman–Crippen MR) is 102 cm³/mol. The van der Waals surface area contributed by atoms with Gasteiger partial charge in [-0.05, 0) is 67.5 Å². The summed E-state index contributed by atoms with van der Waals surface area (Å²) >= 11 is 0. The summed E-state index contributed by atoms with van der Waals surface area (Å²) in [6.45, 7) is 0. The maximum absolute atomic E-state index is 13.2. The quantitative estimate of drug-likeness (QED) is 0.682. The standard InChI is InChI=1S/C22H22FN3O/c1-25-13-24-20-12-15(4-9-21(20)25)22(27)26-18-7-8-19(26)11-16(10-18)14-2-5-17(23)6-3-14/h2-6,9,12-13,16,18-19H,7-8,10-11H2,1H3/t16-,18+,19-. The largest absolute Gasteiger partial charge is 0.334 e. The molecule has 1 aromatic heterocycles. The average Bonchev–Trinajstić information content (AvgIpc) is 3.18. The topological polar surface area (TPSA) is 38.1 Å². The van der Waals surface area contributed by atoms with Crippen molar-refractivity contribution in [2.45, 2.75) is 43.7 Å². The summed E-state index contributed by atoms with van der Waals surface area (Å²) in [5.41, 5.74) is 3.80. The molecule has 0 N–H and O–H groups in total. The van der Waals surface area contributed by atoms with Crippen LogP contribution in [0.2, 0.25) is 0 Å². The summed E-state index contributed by atoms with van der Waals surface area (Å²) in [7, 11) is 1.96. The molecule has 27 heavy (non-hydrogen) atoms. The maximum Gasteiger partial charge on any atom is 0.254 e. The van der Waals surface area contributed by atoms with Crippen LogP contribution >= 0.6 is 0 Å². The number of fused-ring (bicyclic) bond motifs is 3. The molecule has 2 fully saturated rings. The molecule has 0 spiro atoms. The maximum atomic E-state index is 13.2. The Balaban J connectivity index is 1.39. The van der Waals surface area contributed by atoms with Gasteiger partial charge in [-0.15, -0.1) is 0 Å². The molecule has 0 saturated carbocycles. The zero-order valence-corrected chi connectivity index (χ0v) is 15.3. The number of aromatic nitrogens is 2. The Morgan fingerprint density at radius 2 is 1.78 bits per heavy atom. The molecular formula is C22H22FN3O. The second kappa shape index (κ2) is 6.19. The molecular weight excluding hydrogens is 341 g/mol. The van der Waals surface area contributed by atoms with Gasteiger partial charge in [0.1, 0.15) is 5.82 Å². The molecule has 0 aliphatic carbocycles. The Bertz CT molecular complexity index is 996. The van der Waals surface area contributed by atoms with E-state index in [2.05, 4.69) is 9.88 Å². The second-order valence-corrected chi connectivity index (χ2v) is 7.88. The SMILES string of the molecule is Cn1cnc2cc(C(=O)N3[C@@H]4CC[C@H]3C[C@@H](c3ccc(F)cc3)C4)ccc21. The Hall–Kier alpha value is -2.69. The van der Waals surface area contributed by atoms with Crippen LogP contribution < -0.4 is 0 Å². The molecule has 0 radical (unpaired) electrons. The van der Waals surface area contributed by atoms with Gasteiger partial charge in [0.25, 0.3) is 5.91 Å². The van der Waals surface area contributed by atoms with E-state index in [0.29, 0.717) is 5.92 Å². The van der Waals surface area contributed by atoms with E-state index >= 15 is 0 Å². The summed E-state index contributed by atoms with van der Waals surface area (Å²) in [4.78, 5) is 19.7. The highest BCUT2D eigenvalue weighted by atomic mass is 19.1. The van der Waals surface area contributed by atoms with Gasteiger partial charge in [0.2, 0.25) is 0 Å². The first-order chi connectivity index (χ1) is 13.1. The van der Waals surface area contributed by atoms with Gasteiger partial charge in [-0.1, -0.05) is 12.1 Å². The van der Waals surface area contributed by atoms with Crippen LogP contribution in [0.15, 0.2) is 48.8 Å². The molecule has 4 nitrogen and oxygen atoms in total. The first-order valence-electron chi connectivity index (χ1n) is 9.59. The van der Waals surface area contributed by atoms with Crippen molar-refractivity contribution >= 4 is 16.9 Å². The Kier molecular flexibility index (Phi) is 3.78. The lowest BCUT2D eigenvalue weighted by Crippen LogP contribution is -2.46. The van der Waals surface area contributed by atoms with Crippen molar-refractivity contribution < 1.29 is 9.18 Å². The number of imidazole rings is 1. The van der Waals surface area contributed by atoms with Crippen molar-refractivity contribution in [1.82, 2.24) is 14.5 Å². The van der Waals surface area contributed by atoms with Gasteiger partial charge in [-0.25, -0.2) is 9.37 Å². The van der Waals surface area contributed by atoms with E-state index in [1.165, 1.54) is 17.7 Å². The lowest BCUT2D eigenvalue weighted by molar-refractivity contribution is 0.0571. The molecule has 3 aromatic rings. The smallest absolute Gasteiger partial charge is 0.254 e. The third-order valence-corrected chi connectivity index (χ3v) is 6.28. The van der Waals surface area contributed by atoms with Gasteiger partial charge in [-0.3, -0.25) is 4.79 Å². The van der Waals surface area contributed by atoms with Crippen molar-refractivity contribution in [3.63, 3.8) is 0 Å². The third-order valence-electron chi connectivity index (χ3n) is 6.28. The normalized spacial score (nSPS) is 24.5. The number of carbonyl (C=O) groups is 1. The highest BCUT2D eigenvalue weighted by Gasteiger charge is 2.43. The number of amides is 1. The monoisotopic (exact) mass is 363 g/mol. The zero-order valence-electron chi connectivity index (χ0n) is 15.3. The van der Waals surface area contributed by atoms with Crippen molar-refractivity contribution in [3.05, 3.63) is 65.7 Å². The molecule has 5 heteroatoms. The van der Waals surface area contributed by atoms with E-state index < -0.39 is 0 Å². The first kappa shape index (κ1) is 16.5. The van der Waals surface area contributed by atoms with Crippen molar-refractivity contribution in [3.8, 4) is 0 Å². The van der Waals surface area contributed by atoms with E-state index in [0.717, 1.165) is 42.3 Å². The predicted octanol–water partition coefficient (Wildman–Crippen LogP) is 4.26. The minimum absolute atomic E-state index is 0.118. The Morgan fingerprint density at radius 3 is 2.48 bits per heavy atom. The van der Waals surface area contributed by atoms with Gasteiger partial charge < -0.3 is 9.47 Å². The zero-order chi connectivity index (χ0) is 18.5. The Labute approximate surface area is 157 Å². The number of nitrogens with zero attached hydrogens (tertiary/aromatic N) is 3. The minimum atomic E-state index is -0.195. The second-order valence-electron chi connectivity index (χ2n) is 7.88. The van der Waals surface area contributed by atoms with Crippen molar-refractivity contribution in [1.29, 1.82) is 0 Å². The molecule has 2 aromatic carbocycles. The fraction of sp³-hybridized carbons (Fsp3) is 0.364. The summed E-state index contributed by atoms with van der Waals surface area (Å²) in [5.74, 6) is 0.331. The Morgan fingerprint density at radius 1 is 1.07 bits per heavy atom. The van der Waals surface area contributed by atoms with Crippen LogP contribution in [-0.4, -0.2) is 32.4 Å². The van der Waals surface area contributed by atoms with Crippen LogP contribution in [0.25, 0.3) is 11.0 Å². The van der Waals surface area contributed by atoms with Crippen LogP contribution in [0.4, 0.5) is 4.39 Å². The third kappa shape index (κ3) is 2.73. The lowest BCUT2D eigenvalue weighted by atomic mass is 9.85. The van der Waals surface area contributed by atoms with E-state index in [4.69, 9.17) is 0 Å². The minimum Gasteiger partial charge on any atom is -0.334 e. The first-order valence-corrected chi connectivity index (χ1v) is 9.59. The number of hydrogen-bond donors (Lipinski definition) is 0.